The van der Waals surface area contributed by atoms with Crippen LogP contribution in [0.25, 0.3) is 0 Å². The second kappa shape index (κ2) is 5.45. The number of nitrogens with zero attached hydrogens (tertiary/aromatic N) is 2. The normalized spacial score (nSPS) is 15.7. The molecule has 1 saturated heterocycles. The van der Waals surface area contributed by atoms with Crippen molar-refractivity contribution in [1.29, 1.82) is 0 Å². The third-order valence-corrected chi connectivity index (χ3v) is 3.85. The molecule has 0 saturated carbocycles. The van der Waals surface area contributed by atoms with Crippen LogP contribution in [-0.4, -0.2) is 53.2 Å². The summed E-state index contributed by atoms with van der Waals surface area (Å²) in [6.45, 7) is 3.94. The molecule has 1 amide bonds. The topological polar surface area (TPSA) is 79.7 Å². The van der Waals surface area contributed by atoms with Crippen LogP contribution in [-0.2, 0) is 16.0 Å². The van der Waals surface area contributed by atoms with Gasteiger partial charge in [-0.25, -0.2) is 9.78 Å². The van der Waals surface area contributed by atoms with E-state index in [1.165, 1.54) is 0 Å². The molecule has 1 aliphatic rings. The molecule has 1 aromatic rings. The minimum Gasteiger partial charge on any atom is -0.477 e. The van der Waals surface area contributed by atoms with E-state index in [-0.39, 0.29) is 17.2 Å². The van der Waals surface area contributed by atoms with Gasteiger partial charge in [0.15, 0.2) is 0 Å². The molecule has 0 radical (unpaired) electrons. The lowest BCUT2D eigenvalue weighted by atomic mass is 10.3. The summed E-state index contributed by atoms with van der Waals surface area (Å²) in [6.07, 6.45) is 0.165. The monoisotopic (exact) mass is 270 g/mol. The predicted molar refractivity (Wildman–Crippen MR) is 64.9 cm³/mol. The second-order valence-electron chi connectivity index (χ2n) is 4.00. The number of rotatable bonds is 3. The van der Waals surface area contributed by atoms with Crippen LogP contribution in [0, 0.1) is 6.92 Å². The number of carbonyl (C=O) groups excluding carboxylic acids is 1. The highest BCUT2D eigenvalue weighted by atomic mass is 32.1. The van der Waals surface area contributed by atoms with Gasteiger partial charge < -0.3 is 14.7 Å². The highest BCUT2D eigenvalue weighted by Crippen LogP contribution is 2.19. The third-order valence-electron chi connectivity index (χ3n) is 2.70. The number of aromatic nitrogens is 1. The van der Waals surface area contributed by atoms with E-state index in [2.05, 4.69) is 4.98 Å². The maximum Gasteiger partial charge on any atom is 0.347 e. The Bertz CT molecular complexity index is 466. The Balaban J connectivity index is 2.02. The molecular formula is C11H14N2O4S. The fourth-order valence-corrected chi connectivity index (χ4v) is 2.67. The lowest BCUT2D eigenvalue weighted by molar-refractivity contribution is -0.134. The van der Waals surface area contributed by atoms with Crippen molar-refractivity contribution < 1.29 is 19.4 Å². The van der Waals surface area contributed by atoms with E-state index in [0.29, 0.717) is 37.0 Å². The van der Waals surface area contributed by atoms with Gasteiger partial charge in [0.1, 0.15) is 9.88 Å². The van der Waals surface area contributed by atoms with Gasteiger partial charge in [-0.2, -0.15) is 0 Å². The van der Waals surface area contributed by atoms with E-state index in [4.69, 9.17) is 9.84 Å². The van der Waals surface area contributed by atoms with Crippen LogP contribution < -0.4 is 0 Å². The molecule has 6 nitrogen and oxygen atoms in total. The molecule has 0 unspecified atom stereocenters. The average Bonchev–Trinajstić information content (AvgIpc) is 2.71. The summed E-state index contributed by atoms with van der Waals surface area (Å²) in [5.74, 6) is -1.01. The van der Waals surface area contributed by atoms with Crippen molar-refractivity contribution in [2.24, 2.45) is 0 Å². The molecule has 0 spiro atoms. The zero-order valence-corrected chi connectivity index (χ0v) is 10.8. The van der Waals surface area contributed by atoms with Crippen molar-refractivity contribution in [1.82, 2.24) is 9.88 Å². The molecule has 7 heteroatoms. The Morgan fingerprint density at radius 2 is 2.11 bits per heavy atom. The van der Waals surface area contributed by atoms with E-state index in [1.807, 2.05) is 0 Å². The third kappa shape index (κ3) is 2.85. The number of aromatic carboxylic acids is 1. The van der Waals surface area contributed by atoms with Gasteiger partial charge in [-0.1, -0.05) is 0 Å². The molecule has 2 rings (SSSR count). The fraction of sp³-hybridized carbons (Fsp3) is 0.545. The largest absolute Gasteiger partial charge is 0.477 e. The van der Waals surface area contributed by atoms with Crippen LogP contribution >= 0.6 is 11.3 Å². The minimum absolute atomic E-state index is 0.0241. The van der Waals surface area contributed by atoms with Gasteiger partial charge in [0.2, 0.25) is 5.91 Å². The van der Waals surface area contributed by atoms with Crippen molar-refractivity contribution in [2.45, 2.75) is 13.3 Å². The van der Waals surface area contributed by atoms with Crippen LogP contribution in [0.15, 0.2) is 0 Å². The molecule has 1 aromatic heterocycles. The van der Waals surface area contributed by atoms with Crippen LogP contribution in [0.4, 0.5) is 0 Å². The number of thiazole rings is 1. The number of aryl methyl sites for hydroxylation is 1. The van der Waals surface area contributed by atoms with Gasteiger partial charge >= 0.3 is 5.97 Å². The first-order valence-electron chi connectivity index (χ1n) is 5.63. The Hall–Kier alpha value is -1.47. The first kappa shape index (κ1) is 13.0. The Kier molecular flexibility index (Phi) is 3.93. The zero-order valence-electron chi connectivity index (χ0n) is 10.0. The molecule has 2 heterocycles. The van der Waals surface area contributed by atoms with Gasteiger partial charge in [-0.3, -0.25) is 4.79 Å². The molecule has 0 atom stereocenters. The van der Waals surface area contributed by atoms with Crippen molar-refractivity contribution >= 4 is 23.2 Å². The number of ether oxygens (including phenoxy) is 1. The molecular weight excluding hydrogens is 256 g/mol. The molecule has 0 bridgehead atoms. The van der Waals surface area contributed by atoms with Crippen molar-refractivity contribution in [3.63, 3.8) is 0 Å². The summed E-state index contributed by atoms with van der Waals surface area (Å²) >= 11 is 1.07. The second-order valence-corrected chi connectivity index (χ2v) is 5.08. The summed E-state index contributed by atoms with van der Waals surface area (Å²) < 4.78 is 5.17. The zero-order chi connectivity index (χ0) is 13.1. The Morgan fingerprint density at radius 1 is 1.44 bits per heavy atom. The van der Waals surface area contributed by atoms with Gasteiger partial charge in [-0.15, -0.1) is 11.3 Å². The van der Waals surface area contributed by atoms with Crippen molar-refractivity contribution in [3.8, 4) is 0 Å². The number of hydrogen-bond acceptors (Lipinski definition) is 5. The van der Waals surface area contributed by atoms with E-state index < -0.39 is 5.97 Å². The molecule has 98 valence electrons. The van der Waals surface area contributed by atoms with Crippen LogP contribution in [0.1, 0.15) is 20.4 Å². The predicted octanol–water partition coefficient (Wildman–Crippen LogP) is 0.551. The van der Waals surface area contributed by atoms with Crippen LogP contribution in [0.2, 0.25) is 0 Å². The van der Waals surface area contributed by atoms with Gasteiger partial charge in [0.05, 0.1) is 25.3 Å². The van der Waals surface area contributed by atoms with Crippen molar-refractivity contribution in [2.75, 3.05) is 26.3 Å². The summed E-state index contributed by atoms with van der Waals surface area (Å²) in [5.41, 5.74) is 0.470. The highest BCUT2D eigenvalue weighted by Gasteiger charge is 2.20. The smallest absolute Gasteiger partial charge is 0.347 e. The Labute approximate surface area is 108 Å². The SMILES string of the molecule is Cc1nc(CC(=O)N2CCOCC2)sc1C(=O)O. The number of amides is 1. The summed E-state index contributed by atoms with van der Waals surface area (Å²) in [6, 6.07) is 0. The summed E-state index contributed by atoms with van der Waals surface area (Å²) in [4.78, 5) is 28.9. The van der Waals surface area contributed by atoms with E-state index in [0.717, 1.165) is 11.3 Å². The number of morpholine rings is 1. The van der Waals surface area contributed by atoms with E-state index in [9.17, 15) is 9.59 Å². The van der Waals surface area contributed by atoms with E-state index >= 15 is 0 Å². The number of hydrogen-bond donors (Lipinski definition) is 1. The summed E-state index contributed by atoms with van der Waals surface area (Å²) in [5, 5.41) is 9.48. The fourth-order valence-electron chi connectivity index (χ4n) is 1.78. The van der Waals surface area contributed by atoms with Gasteiger partial charge in [0, 0.05) is 13.1 Å². The molecule has 1 aliphatic heterocycles. The lowest BCUT2D eigenvalue weighted by Gasteiger charge is -2.26. The van der Waals surface area contributed by atoms with Crippen molar-refractivity contribution in [3.05, 3.63) is 15.6 Å². The molecule has 0 aromatic carbocycles. The average molecular weight is 270 g/mol. The number of carboxylic acids is 1. The summed E-state index contributed by atoms with van der Waals surface area (Å²) in [7, 11) is 0. The Morgan fingerprint density at radius 3 is 2.67 bits per heavy atom. The van der Waals surface area contributed by atoms with E-state index in [1.54, 1.807) is 11.8 Å². The lowest BCUT2D eigenvalue weighted by Crippen LogP contribution is -2.41. The van der Waals surface area contributed by atoms with Gasteiger partial charge in [0.25, 0.3) is 0 Å². The maximum absolute atomic E-state index is 11.9. The standard InChI is InChI=1S/C11H14N2O4S/c1-7-10(11(15)16)18-8(12-7)6-9(14)13-2-4-17-5-3-13/h2-6H2,1H3,(H,15,16). The number of carboxylic acid groups (broad SMARTS) is 1. The van der Waals surface area contributed by atoms with Crippen LogP contribution in [0.3, 0.4) is 0 Å². The molecule has 18 heavy (non-hydrogen) atoms. The first-order chi connectivity index (χ1) is 8.58. The molecule has 0 aliphatic carbocycles. The minimum atomic E-state index is -0.991. The molecule has 1 N–H and O–H groups in total. The quantitative estimate of drug-likeness (QED) is 0.867. The van der Waals surface area contributed by atoms with Gasteiger partial charge in [-0.05, 0) is 6.92 Å². The maximum atomic E-state index is 11.9. The highest BCUT2D eigenvalue weighted by molar-refractivity contribution is 7.13. The van der Waals surface area contributed by atoms with Crippen LogP contribution in [0.5, 0.6) is 0 Å². The molecule has 1 fully saturated rings. The first-order valence-corrected chi connectivity index (χ1v) is 6.44. The number of carbonyl (C=O) groups is 2.